The summed E-state index contributed by atoms with van der Waals surface area (Å²) in [5, 5.41) is 2.86. The number of hydrogen-bond acceptors (Lipinski definition) is 3. The number of sulfonamides is 1. The van der Waals surface area contributed by atoms with Crippen molar-refractivity contribution in [3.8, 4) is 0 Å². The van der Waals surface area contributed by atoms with E-state index in [4.69, 9.17) is 0 Å². The third-order valence-electron chi connectivity index (χ3n) is 4.27. The summed E-state index contributed by atoms with van der Waals surface area (Å²) in [6.07, 6.45) is 5.33. The van der Waals surface area contributed by atoms with Crippen molar-refractivity contribution in [2.75, 3.05) is 20.1 Å². The van der Waals surface area contributed by atoms with Gasteiger partial charge in [0.05, 0.1) is 5.25 Å². The van der Waals surface area contributed by atoms with Crippen LogP contribution in [0.5, 0.6) is 0 Å². The lowest BCUT2D eigenvalue weighted by molar-refractivity contribution is 0.244. The van der Waals surface area contributed by atoms with Crippen LogP contribution in [-0.4, -0.2) is 44.2 Å². The Morgan fingerprint density at radius 2 is 1.84 bits per heavy atom. The molecule has 0 aromatic carbocycles. The van der Waals surface area contributed by atoms with Gasteiger partial charge in [-0.2, -0.15) is 0 Å². The van der Waals surface area contributed by atoms with Gasteiger partial charge in [-0.1, -0.05) is 13.8 Å². The van der Waals surface area contributed by atoms with E-state index < -0.39 is 10.0 Å². The monoisotopic (exact) mass is 290 g/mol. The Kier molecular flexibility index (Phi) is 6.77. The van der Waals surface area contributed by atoms with Crippen molar-refractivity contribution in [2.24, 2.45) is 5.92 Å². The maximum Gasteiger partial charge on any atom is 0.217 e. The minimum absolute atomic E-state index is 0.204. The van der Waals surface area contributed by atoms with E-state index in [2.05, 4.69) is 19.2 Å². The molecule has 0 amide bonds. The highest BCUT2D eigenvalue weighted by Gasteiger charge is 2.32. The van der Waals surface area contributed by atoms with E-state index in [1.165, 1.54) is 0 Å². The van der Waals surface area contributed by atoms with Crippen molar-refractivity contribution in [1.82, 2.24) is 9.62 Å². The molecule has 0 aromatic heterocycles. The second-order valence-electron chi connectivity index (χ2n) is 5.99. The van der Waals surface area contributed by atoms with Gasteiger partial charge in [-0.15, -0.1) is 0 Å². The molecule has 0 spiro atoms. The van der Waals surface area contributed by atoms with E-state index in [1.54, 1.807) is 18.3 Å². The Balaban J connectivity index is 2.55. The maximum absolute atomic E-state index is 12.5. The quantitative estimate of drug-likeness (QED) is 0.731. The SMILES string of the molecule is CCCNCC(C)S(=O)(=O)N(C)C1CCC(C)CC1. The molecule has 0 aliphatic heterocycles. The van der Waals surface area contributed by atoms with Crippen molar-refractivity contribution in [3.63, 3.8) is 0 Å². The van der Waals surface area contributed by atoms with Crippen molar-refractivity contribution in [1.29, 1.82) is 0 Å². The summed E-state index contributed by atoms with van der Waals surface area (Å²) in [6.45, 7) is 7.57. The maximum atomic E-state index is 12.5. The molecule has 1 rings (SSSR count). The molecule has 1 unspecified atom stereocenters. The summed E-state index contributed by atoms with van der Waals surface area (Å²) in [5.41, 5.74) is 0. The molecule has 0 heterocycles. The molecule has 19 heavy (non-hydrogen) atoms. The lowest BCUT2D eigenvalue weighted by atomic mass is 9.87. The average molecular weight is 290 g/mol. The van der Waals surface area contributed by atoms with Gasteiger partial charge in [0, 0.05) is 19.6 Å². The summed E-state index contributed by atoms with van der Waals surface area (Å²) in [4.78, 5) is 0. The topological polar surface area (TPSA) is 49.4 Å². The van der Waals surface area contributed by atoms with Crippen LogP contribution in [0.15, 0.2) is 0 Å². The summed E-state index contributed by atoms with van der Waals surface area (Å²) < 4.78 is 26.6. The van der Waals surface area contributed by atoms with Crippen molar-refractivity contribution < 1.29 is 8.42 Å². The van der Waals surface area contributed by atoms with Crippen LogP contribution in [0.4, 0.5) is 0 Å². The van der Waals surface area contributed by atoms with Crippen molar-refractivity contribution in [3.05, 3.63) is 0 Å². The smallest absolute Gasteiger partial charge is 0.217 e. The second kappa shape index (κ2) is 7.60. The zero-order valence-electron chi connectivity index (χ0n) is 12.9. The molecule has 1 N–H and O–H groups in total. The lowest BCUT2D eigenvalue weighted by Crippen LogP contribution is -2.46. The van der Waals surface area contributed by atoms with E-state index in [9.17, 15) is 8.42 Å². The fraction of sp³-hybridized carbons (Fsp3) is 1.00. The van der Waals surface area contributed by atoms with Crippen molar-refractivity contribution in [2.45, 2.75) is 64.2 Å². The molecule has 5 heteroatoms. The number of nitrogens with zero attached hydrogens (tertiary/aromatic N) is 1. The molecule has 0 aromatic rings. The van der Waals surface area contributed by atoms with E-state index in [0.29, 0.717) is 6.54 Å². The zero-order chi connectivity index (χ0) is 14.5. The molecular formula is C14H30N2O2S. The highest BCUT2D eigenvalue weighted by atomic mass is 32.2. The fourth-order valence-electron chi connectivity index (χ4n) is 2.69. The molecule has 114 valence electrons. The van der Waals surface area contributed by atoms with Gasteiger partial charge in [-0.3, -0.25) is 0 Å². The number of hydrogen-bond donors (Lipinski definition) is 1. The van der Waals surface area contributed by atoms with Crippen LogP contribution in [0.3, 0.4) is 0 Å². The predicted molar refractivity (Wildman–Crippen MR) is 80.7 cm³/mol. The van der Waals surface area contributed by atoms with Crippen LogP contribution in [0, 0.1) is 5.92 Å². The third kappa shape index (κ3) is 4.72. The van der Waals surface area contributed by atoms with Gasteiger partial charge in [0.1, 0.15) is 0 Å². The number of rotatable bonds is 7. The van der Waals surface area contributed by atoms with E-state index in [0.717, 1.165) is 44.6 Å². The van der Waals surface area contributed by atoms with Gasteiger partial charge in [0.25, 0.3) is 0 Å². The Hall–Kier alpha value is -0.130. The Labute approximate surface area is 119 Å². The third-order valence-corrected chi connectivity index (χ3v) is 6.55. The van der Waals surface area contributed by atoms with Gasteiger partial charge < -0.3 is 5.32 Å². The molecule has 1 atom stereocenters. The van der Waals surface area contributed by atoms with Crippen LogP contribution in [0.1, 0.15) is 52.9 Å². The molecule has 1 aliphatic carbocycles. The van der Waals surface area contributed by atoms with Crippen LogP contribution in [-0.2, 0) is 10.0 Å². The molecule has 0 bridgehead atoms. The fourth-order valence-corrected chi connectivity index (χ4v) is 4.21. The van der Waals surface area contributed by atoms with Gasteiger partial charge in [-0.25, -0.2) is 12.7 Å². The molecule has 0 radical (unpaired) electrons. The van der Waals surface area contributed by atoms with E-state index in [1.807, 2.05) is 0 Å². The highest BCUT2D eigenvalue weighted by Crippen LogP contribution is 2.28. The predicted octanol–water partition coefficient (Wildman–Crippen LogP) is 2.21. The van der Waals surface area contributed by atoms with Crippen LogP contribution >= 0.6 is 0 Å². The summed E-state index contributed by atoms with van der Waals surface area (Å²) >= 11 is 0. The molecule has 1 aliphatic rings. The lowest BCUT2D eigenvalue weighted by Gasteiger charge is -2.34. The largest absolute Gasteiger partial charge is 0.315 e. The first-order chi connectivity index (χ1) is 8.89. The van der Waals surface area contributed by atoms with Crippen LogP contribution < -0.4 is 5.32 Å². The first-order valence-electron chi connectivity index (χ1n) is 7.57. The molecule has 0 saturated heterocycles. The first-order valence-corrected chi connectivity index (χ1v) is 9.07. The van der Waals surface area contributed by atoms with Gasteiger partial charge >= 0.3 is 0 Å². The Bertz CT molecular complexity index is 348. The summed E-state index contributed by atoms with van der Waals surface area (Å²) in [6, 6.07) is 0.204. The van der Waals surface area contributed by atoms with E-state index in [-0.39, 0.29) is 11.3 Å². The first kappa shape index (κ1) is 16.9. The minimum atomic E-state index is -3.17. The normalized spacial score (nSPS) is 26.6. The van der Waals surface area contributed by atoms with Crippen molar-refractivity contribution >= 4 is 10.0 Å². The standard InChI is InChI=1S/C14H30N2O2S/c1-5-10-15-11-13(3)19(17,18)16(4)14-8-6-12(2)7-9-14/h12-15H,5-11H2,1-4H3. The number of nitrogens with one attached hydrogen (secondary N) is 1. The molecule has 4 nitrogen and oxygen atoms in total. The minimum Gasteiger partial charge on any atom is -0.315 e. The molecule has 1 saturated carbocycles. The van der Waals surface area contributed by atoms with Gasteiger partial charge in [0.2, 0.25) is 10.0 Å². The summed E-state index contributed by atoms with van der Waals surface area (Å²) in [7, 11) is -1.41. The van der Waals surface area contributed by atoms with Crippen LogP contribution in [0.2, 0.25) is 0 Å². The van der Waals surface area contributed by atoms with E-state index >= 15 is 0 Å². The Morgan fingerprint density at radius 1 is 1.26 bits per heavy atom. The second-order valence-corrected chi connectivity index (χ2v) is 8.40. The van der Waals surface area contributed by atoms with Crippen LogP contribution in [0.25, 0.3) is 0 Å². The average Bonchev–Trinajstić information content (AvgIpc) is 2.39. The summed E-state index contributed by atoms with van der Waals surface area (Å²) in [5.74, 6) is 0.746. The highest BCUT2D eigenvalue weighted by molar-refractivity contribution is 7.89. The van der Waals surface area contributed by atoms with Gasteiger partial charge in [0.15, 0.2) is 0 Å². The zero-order valence-corrected chi connectivity index (χ0v) is 13.7. The molecule has 1 fully saturated rings. The molecular weight excluding hydrogens is 260 g/mol. The van der Waals surface area contributed by atoms with Gasteiger partial charge in [-0.05, 0) is 51.5 Å². The Morgan fingerprint density at radius 3 is 2.37 bits per heavy atom.